The van der Waals surface area contributed by atoms with Crippen molar-refractivity contribution in [3.63, 3.8) is 0 Å². The minimum Gasteiger partial charge on any atom is -0.370 e. The van der Waals surface area contributed by atoms with Crippen molar-refractivity contribution < 1.29 is 9.26 Å². The van der Waals surface area contributed by atoms with Crippen LogP contribution >= 0.6 is 11.6 Å². The van der Waals surface area contributed by atoms with E-state index in [0.29, 0.717) is 30.9 Å². The maximum atomic E-state index is 9.48. The van der Waals surface area contributed by atoms with Gasteiger partial charge in [-0.2, -0.15) is 10.2 Å². The highest BCUT2D eigenvalue weighted by Gasteiger charge is 2.47. The molecule has 4 aliphatic rings. The third-order valence-corrected chi connectivity index (χ3v) is 5.75. The number of aromatic nitrogens is 2. The number of halogens is 1. The Morgan fingerprint density at radius 3 is 3.00 bits per heavy atom. The van der Waals surface area contributed by atoms with E-state index >= 15 is 0 Å². The summed E-state index contributed by atoms with van der Waals surface area (Å²) < 4.78 is 11.2. The van der Waals surface area contributed by atoms with Crippen LogP contribution in [-0.2, 0) is 4.74 Å². The molecule has 0 aliphatic carbocycles. The molecule has 0 saturated carbocycles. The summed E-state index contributed by atoms with van der Waals surface area (Å²) >= 11 is 6.58. The Labute approximate surface area is 170 Å². The number of fused-ring (bicyclic) bond motifs is 6. The molecule has 6 rings (SSSR count). The first-order chi connectivity index (χ1) is 14.3. The summed E-state index contributed by atoms with van der Waals surface area (Å²) in [7, 11) is 0. The second-order valence-electron chi connectivity index (χ2n) is 6.96. The van der Waals surface area contributed by atoms with Crippen LogP contribution in [0, 0.1) is 11.5 Å². The van der Waals surface area contributed by atoms with Crippen LogP contribution in [0.2, 0.25) is 0 Å². The Kier molecular flexibility index (Phi) is 3.50. The Morgan fingerprint density at radius 2 is 2.17 bits per heavy atom. The molecule has 1 aromatic heterocycles. The zero-order chi connectivity index (χ0) is 19.5. The molecule has 1 fully saturated rings. The average Bonchev–Trinajstić information content (AvgIpc) is 3.52. The Bertz CT molecular complexity index is 1090. The third kappa shape index (κ3) is 2.28. The summed E-state index contributed by atoms with van der Waals surface area (Å²) in [6, 6.07) is 8.14. The number of anilines is 2. The molecule has 29 heavy (non-hydrogen) atoms. The van der Waals surface area contributed by atoms with Crippen LogP contribution in [0.1, 0.15) is 30.3 Å². The Hall–Kier alpha value is -3.29. The van der Waals surface area contributed by atoms with Crippen molar-refractivity contribution in [2.24, 2.45) is 4.99 Å². The monoisotopic (exact) mass is 410 g/mol. The van der Waals surface area contributed by atoms with Gasteiger partial charge in [-0.3, -0.25) is 4.90 Å². The van der Waals surface area contributed by atoms with Gasteiger partial charge in [-0.25, -0.2) is 19.9 Å². The lowest BCUT2D eigenvalue weighted by molar-refractivity contribution is 0.103. The topological polar surface area (TPSA) is 97.3 Å². The van der Waals surface area contributed by atoms with Crippen molar-refractivity contribution in [3.8, 4) is 6.19 Å². The average molecular weight is 411 g/mol. The molecule has 2 unspecified atom stereocenters. The van der Waals surface area contributed by atoms with E-state index in [4.69, 9.17) is 25.9 Å². The molecule has 4 aliphatic heterocycles. The molecule has 1 saturated heterocycles. The molecule has 1 aromatic carbocycles. The molecule has 0 radical (unpaired) electrons. The van der Waals surface area contributed by atoms with Crippen LogP contribution in [0.4, 0.5) is 11.7 Å². The van der Waals surface area contributed by atoms with Gasteiger partial charge in [0.1, 0.15) is 12.8 Å². The van der Waals surface area contributed by atoms with Crippen molar-refractivity contribution in [1.82, 2.24) is 20.0 Å². The van der Waals surface area contributed by atoms with Crippen LogP contribution in [0.25, 0.3) is 0 Å². The number of nitrogens with zero attached hydrogens (tertiary/aromatic N) is 8. The molecule has 146 valence electrons. The number of rotatable bonds is 2. The number of amidine groups is 1. The number of ether oxygens (including phenoxy) is 1. The molecule has 5 heterocycles. The number of hydrogen-bond donors (Lipinski definition) is 0. The fourth-order valence-electron chi connectivity index (χ4n) is 4.03. The molecule has 0 N–H and O–H groups in total. The summed E-state index contributed by atoms with van der Waals surface area (Å²) in [6.07, 6.45) is 5.52. The van der Waals surface area contributed by atoms with Gasteiger partial charge in [-0.05, 0) is 25.0 Å². The smallest absolute Gasteiger partial charge is 0.345 e. The van der Waals surface area contributed by atoms with E-state index in [1.165, 1.54) is 4.90 Å². The Morgan fingerprint density at radius 1 is 1.28 bits per heavy atom. The van der Waals surface area contributed by atoms with Crippen molar-refractivity contribution in [1.29, 1.82) is 5.26 Å². The molecule has 10 nitrogen and oxygen atoms in total. The highest BCUT2D eigenvalue weighted by atomic mass is 35.5. The minimum absolute atomic E-state index is 0.138. The van der Waals surface area contributed by atoms with Crippen LogP contribution in [-0.4, -0.2) is 44.8 Å². The van der Waals surface area contributed by atoms with Crippen molar-refractivity contribution in [3.05, 3.63) is 47.7 Å². The third-order valence-electron chi connectivity index (χ3n) is 5.35. The van der Waals surface area contributed by atoms with Gasteiger partial charge in [0.2, 0.25) is 5.82 Å². The van der Waals surface area contributed by atoms with E-state index in [2.05, 4.69) is 16.3 Å². The van der Waals surface area contributed by atoms with E-state index in [1.54, 1.807) is 11.2 Å². The molecule has 11 heteroatoms. The molecule has 0 spiro atoms. The highest BCUT2D eigenvalue weighted by molar-refractivity contribution is 6.23. The summed E-state index contributed by atoms with van der Waals surface area (Å²) in [5.41, 5.74) is 1.13. The second kappa shape index (κ2) is 6.10. The molecule has 2 atom stereocenters. The minimum atomic E-state index is -0.676. The lowest BCUT2D eigenvalue weighted by Crippen LogP contribution is -2.50. The van der Waals surface area contributed by atoms with Gasteiger partial charge in [0, 0.05) is 12.2 Å². The predicted molar refractivity (Wildman–Crippen MR) is 102 cm³/mol. The van der Waals surface area contributed by atoms with Gasteiger partial charge in [-0.15, -0.1) is 0 Å². The first-order valence-corrected chi connectivity index (χ1v) is 9.70. The largest absolute Gasteiger partial charge is 0.370 e. The fourth-order valence-corrected chi connectivity index (χ4v) is 4.33. The normalized spacial score (nSPS) is 24.8. The lowest BCUT2D eigenvalue weighted by atomic mass is 10.1. The highest BCUT2D eigenvalue weighted by Crippen LogP contribution is 2.43. The van der Waals surface area contributed by atoms with Crippen molar-refractivity contribution in [2.75, 3.05) is 23.2 Å². The molecular formula is C18H15ClN8O2. The molecular weight excluding hydrogens is 396 g/mol. The number of hydrazine groups is 1. The number of nitriles is 1. The molecule has 0 amide bonds. The fraction of sp³-hybridized carbons (Fsp3) is 0.333. The second-order valence-corrected chi connectivity index (χ2v) is 7.35. The number of hydrogen-bond acceptors (Lipinski definition) is 10. The summed E-state index contributed by atoms with van der Waals surface area (Å²) in [4.78, 5) is 12.5. The van der Waals surface area contributed by atoms with E-state index in [-0.39, 0.29) is 6.10 Å². The maximum absolute atomic E-state index is 9.48. The van der Waals surface area contributed by atoms with E-state index in [1.807, 2.05) is 34.2 Å². The molecule has 0 bridgehead atoms. The summed E-state index contributed by atoms with van der Waals surface area (Å²) in [6.45, 7) is 1.01. The SMILES string of the molecule is N#CN1C=C2N(c3ccccc3C3=NCN(c4nc(C5CCCO5)no4)N23)C1Cl. The number of aliphatic imine (C=N–C) groups is 1. The Balaban J connectivity index is 1.43. The zero-order valence-electron chi connectivity index (χ0n) is 15.1. The maximum Gasteiger partial charge on any atom is 0.345 e. The lowest BCUT2D eigenvalue weighted by Gasteiger charge is -2.40. The van der Waals surface area contributed by atoms with Gasteiger partial charge in [0.15, 0.2) is 23.5 Å². The van der Waals surface area contributed by atoms with Gasteiger partial charge < -0.3 is 9.26 Å². The van der Waals surface area contributed by atoms with Crippen LogP contribution < -0.4 is 9.91 Å². The van der Waals surface area contributed by atoms with E-state index in [9.17, 15) is 5.26 Å². The first kappa shape index (κ1) is 16.6. The standard InChI is InChI=1S/C18H15ClN8O2/c19-17-24(9-20)8-14-26(17)12-5-2-1-4-11(12)16-21-10-25(27(14)16)18-22-15(23-29-18)13-6-3-7-28-13/h1-2,4-5,8,13,17H,3,6-7,10H2. The van der Waals surface area contributed by atoms with Crippen molar-refractivity contribution in [2.45, 2.75) is 24.6 Å². The number of benzene rings is 1. The summed E-state index contributed by atoms with van der Waals surface area (Å²) in [5.74, 6) is 1.97. The predicted octanol–water partition coefficient (Wildman–Crippen LogP) is 2.30. The van der Waals surface area contributed by atoms with Gasteiger partial charge in [-0.1, -0.05) is 28.9 Å². The van der Waals surface area contributed by atoms with Crippen molar-refractivity contribution >= 4 is 29.1 Å². The van der Waals surface area contributed by atoms with Gasteiger partial charge in [0.25, 0.3) is 0 Å². The van der Waals surface area contributed by atoms with Crippen LogP contribution in [0.3, 0.4) is 0 Å². The first-order valence-electron chi connectivity index (χ1n) is 9.26. The van der Waals surface area contributed by atoms with Crippen LogP contribution in [0.5, 0.6) is 0 Å². The quantitative estimate of drug-likeness (QED) is 0.419. The van der Waals surface area contributed by atoms with Gasteiger partial charge >= 0.3 is 6.01 Å². The number of para-hydroxylation sites is 1. The molecule has 2 aromatic rings. The summed E-state index contributed by atoms with van der Waals surface area (Å²) in [5, 5.41) is 17.2. The van der Waals surface area contributed by atoms with Crippen LogP contribution in [0.15, 0.2) is 45.8 Å². The zero-order valence-corrected chi connectivity index (χ0v) is 15.9. The van der Waals surface area contributed by atoms with Gasteiger partial charge in [0.05, 0.1) is 11.9 Å². The number of alkyl halides is 1. The van der Waals surface area contributed by atoms with E-state index in [0.717, 1.165) is 29.9 Å². The van der Waals surface area contributed by atoms with E-state index < -0.39 is 5.62 Å².